The van der Waals surface area contributed by atoms with Gasteiger partial charge in [-0.05, 0) is 44.9 Å². The third kappa shape index (κ3) is 2.61. The maximum absolute atomic E-state index is 6.05. The van der Waals surface area contributed by atoms with Crippen molar-refractivity contribution in [1.29, 1.82) is 0 Å². The van der Waals surface area contributed by atoms with Gasteiger partial charge < -0.3 is 14.0 Å². The molecular weight excluding hydrogens is 227 g/mol. The van der Waals surface area contributed by atoms with Crippen molar-refractivity contribution < 1.29 is 14.0 Å². The molecule has 0 radical (unpaired) electrons. The summed E-state index contributed by atoms with van der Waals surface area (Å²) in [6, 6.07) is 0. The molecule has 0 aromatic heterocycles. The molecule has 18 heavy (non-hydrogen) atoms. The molecule has 2 unspecified atom stereocenters. The molecule has 1 saturated carbocycles. The van der Waals surface area contributed by atoms with Gasteiger partial charge in [0.05, 0.1) is 11.7 Å². The molecular formula is C14H27BO3. The first kappa shape index (κ1) is 14.4. The van der Waals surface area contributed by atoms with E-state index in [1.54, 1.807) is 0 Å². The van der Waals surface area contributed by atoms with E-state index in [9.17, 15) is 0 Å². The van der Waals surface area contributed by atoms with Crippen molar-refractivity contribution in [2.75, 3.05) is 0 Å². The van der Waals surface area contributed by atoms with E-state index in [1.807, 2.05) is 13.8 Å². The van der Waals surface area contributed by atoms with Crippen molar-refractivity contribution in [3.8, 4) is 0 Å². The second-order valence-corrected chi connectivity index (χ2v) is 7.03. The molecule has 104 valence electrons. The quantitative estimate of drug-likeness (QED) is 0.722. The normalized spacial score (nSPS) is 39.2. The Kier molecular flexibility index (Phi) is 3.83. The van der Waals surface area contributed by atoms with Gasteiger partial charge in [0.25, 0.3) is 0 Å². The van der Waals surface area contributed by atoms with Gasteiger partial charge >= 0.3 is 7.32 Å². The first-order chi connectivity index (χ1) is 8.27. The highest BCUT2D eigenvalue weighted by atomic mass is 16.8. The van der Waals surface area contributed by atoms with Crippen molar-refractivity contribution >= 4 is 7.32 Å². The van der Waals surface area contributed by atoms with Crippen molar-refractivity contribution in [3.05, 3.63) is 0 Å². The summed E-state index contributed by atoms with van der Waals surface area (Å²) in [6.45, 7) is 13.2. The predicted molar refractivity (Wildman–Crippen MR) is 73.1 cm³/mol. The van der Waals surface area contributed by atoms with Crippen LogP contribution >= 0.6 is 0 Å². The van der Waals surface area contributed by atoms with Crippen LogP contribution in [0.4, 0.5) is 0 Å². The van der Waals surface area contributed by atoms with E-state index in [0.29, 0.717) is 11.3 Å². The minimum absolute atomic E-state index is 0.133. The molecule has 1 heterocycles. The molecule has 3 nitrogen and oxygen atoms in total. The average molecular weight is 254 g/mol. The lowest BCUT2D eigenvalue weighted by Gasteiger charge is -2.48. The van der Waals surface area contributed by atoms with Crippen LogP contribution in [0, 0.1) is 11.3 Å². The summed E-state index contributed by atoms with van der Waals surface area (Å²) in [6.07, 6.45) is 3.64. The molecule has 1 aliphatic carbocycles. The lowest BCUT2D eigenvalue weighted by molar-refractivity contribution is -0.0640. The fourth-order valence-corrected chi connectivity index (χ4v) is 3.69. The van der Waals surface area contributed by atoms with Crippen LogP contribution in [0.25, 0.3) is 0 Å². The standard InChI is InChI=1S/C14H27BO3/c1-7-11-8-12-14(6,9-13(11,4)5)18-15(17-12)16-10(2)3/h10-12H,7-9H2,1-6H3/t11?,12?,14-/m0/s1. The highest BCUT2D eigenvalue weighted by Gasteiger charge is 2.57. The summed E-state index contributed by atoms with van der Waals surface area (Å²) in [5.74, 6) is 0.706. The summed E-state index contributed by atoms with van der Waals surface area (Å²) in [4.78, 5) is 0. The van der Waals surface area contributed by atoms with Gasteiger partial charge in [-0.1, -0.05) is 27.2 Å². The van der Waals surface area contributed by atoms with Crippen LogP contribution < -0.4 is 0 Å². The van der Waals surface area contributed by atoms with Gasteiger partial charge in [-0.15, -0.1) is 0 Å². The van der Waals surface area contributed by atoms with Gasteiger partial charge in [-0.2, -0.15) is 0 Å². The molecule has 2 fully saturated rings. The summed E-state index contributed by atoms with van der Waals surface area (Å²) in [7, 11) is -0.480. The van der Waals surface area contributed by atoms with Gasteiger partial charge in [0.15, 0.2) is 0 Å². The van der Waals surface area contributed by atoms with Crippen molar-refractivity contribution in [1.82, 2.24) is 0 Å². The summed E-state index contributed by atoms with van der Waals surface area (Å²) < 4.78 is 17.7. The lowest BCUT2D eigenvalue weighted by atomic mass is 9.62. The van der Waals surface area contributed by atoms with E-state index in [4.69, 9.17) is 14.0 Å². The number of rotatable bonds is 3. The topological polar surface area (TPSA) is 27.7 Å². The lowest BCUT2D eigenvalue weighted by Crippen LogP contribution is -2.49. The molecule has 0 spiro atoms. The molecule has 0 amide bonds. The largest absolute Gasteiger partial charge is 0.640 e. The Balaban J connectivity index is 2.09. The van der Waals surface area contributed by atoms with Crippen molar-refractivity contribution in [3.63, 3.8) is 0 Å². The maximum atomic E-state index is 6.05. The molecule has 0 aromatic carbocycles. The Hall–Kier alpha value is -0.0551. The third-order valence-electron chi connectivity index (χ3n) is 4.61. The van der Waals surface area contributed by atoms with Gasteiger partial charge in [0.2, 0.25) is 0 Å². The Labute approximate surface area is 112 Å². The highest BCUT2D eigenvalue weighted by Crippen LogP contribution is 2.51. The Morgan fingerprint density at radius 1 is 1.33 bits per heavy atom. The zero-order valence-electron chi connectivity index (χ0n) is 12.7. The van der Waals surface area contributed by atoms with Crippen LogP contribution in [-0.2, 0) is 14.0 Å². The SMILES string of the molecule is CCC1CC2OB(OC(C)C)O[C@@]2(C)CC1(C)C. The van der Waals surface area contributed by atoms with Crippen molar-refractivity contribution in [2.24, 2.45) is 11.3 Å². The molecule has 1 aliphatic heterocycles. The van der Waals surface area contributed by atoms with E-state index >= 15 is 0 Å². The van der Waals surface area contributed by atoms with Crippen LogP contribution in [0.5, 0.6) is 0 Å². The van der Waals surface area contributed by atoms with Crippen LogP contribution in [-0.4, -0.2) is 25.1 Å². The Morgan fingerprint density at radius 2 is 2.00 bits per heavy atom. The van der Waals surface area contributed by atoms with E-state index < -0.39 is 7.32 Å². The smallest absolute Gasteiger partial charge is 0.384 e. The molecule has 1 saturated heterocycles. The highest BCUT2D eigenvalue weighted by molar-refractivity contribution is 6.37. The summed E-state index contributed by atoms with van der Waals surface area (Å²) in [5.41, 5.74) is 0.130. The van der Waals surface area contributed by atoms with E-state index in [-0.39, 0.29) is 17.8 Å². The number of fused-ring (bicyclic) bond motifs is 1. The molecule has 0 aromatic rings. The van der Waals surface area contributed by atoms with Gasteiger partial charge in [0, 0.05) is 6.10 Å². The van der Waals surface area contributed by atoms with Crippen LogP contribution in [0.1, 0.15) is 60.8 Å². The maximum Gasteiger partial charge on any atom is 0.640 e. The minimum atomic E-state index is -0.480. The molecule has 2 aliphatic rings. The Morgan fingerprint density at radius 3 is 2.56 bits per heavy atom. The van der Waals surface area contributed by atoms with Crippen LogP contribution in [0.2, 0.25) is 0 Å². The van der Waals surface area contributed by atoms with Gasteiger partial charge in [-0.3, -0.25) is 0 Å². The van der Waals surface area contributed by atoms with Gasteiger partial charge in [-0.25, -0.2) is 0 Å². The molecule has 0 bridgehead atoms. The van der Waals surface area contributed by atoms with E-state index in [2.05, 4.69) is 27.7 Å². The molecule has 2 rings (SSSR count). The molecule has 4 heteroatoms. The Bertz CT molecular complexity index is 305. The summed E-state index contributed by atoms with van der Waals surface area (Å²) >= 11 is 0. The molecule has 0 N–H and O–H groups in total. The second kappa shape index (κ2) is 4.80. The van der Waals surface area contributed by atoms with E-state index in [1.165, 1.54) is 6.42 Å². The summed E-state index contributed by atoms with van der Waals surface area (Å²) in [5, 5.41) is 0. The fraction of sp³-hybridized carbons (Fsp3) is 1.00. The van der Waals surface area contributed by atoms with Crippen molar-refractivity contribution in [2.45, 2.75) is 78.6 Å². The number of hydrogen-bond acceptors (Lipinski definition) is 3. The van der Waals surface area contributed by atoms with Crippen LogP contribution in [0.3, 0.4) is 0 Å². The fourth-order valence-electron chi connectivity index (χ4n) is 3.69. The first-order valence-electron chi connectivity index (χ1n) is 7.25. The zero-order valence-corrected chi connectivity index (χ0v) is 12.7. The predicted octanol–water partition coefficient (Wildman–Crippen LogP) is 3.42. The molecule has 3 atom stereocenters. The first-order valence-corrected chi connectivity index (χ1v) is 7.25. The second-order valence-electron chi connectivity index (χ2n) is 7.03. The third-order valence-corrected chi connectivity index (χ3v) is 4.61. The van der Waals surface area contributed by atoms with Gasteiger partial charge in [0.1, 0.15) is 0 Å². The van der Waals surface area contributed by atoms with E-state index in [0.717, 1.165) is 12.8 Å². The monoisotopic (exact) mass is 254 g/mol. The zero-order chi connectivity index (χ0) is 13.6. The van der Waals surface area contributed by atoms with Crippen LogP contribution in [0.15, 0.2) is 0 Å². The average Bonchev–Trinajstić information content (AvgIpc) is 2.48. The minimum Gasteiger partial charge on any atom is -0.384 e. The number of hydrogen-bond donors (Lipinski definition) is 0.